The minimum absolute atomic E-state index is 0.0471. The summed E-state index contributed by atoms with van der Waals surface area (Å²) < 4.78 is 7.53. The number of hydrogen-bond acceptors (Lipinski definition) is 2. The molecule has 1 N–H and O–H groups in total. The van der Waals surface area contributed by atoms with Crippen molar-refractivity contribution in [3.63, 3.8) is 0 Å². The van der Waals surface area contributed by atoms with Crippen molar-refractivity contribution in [3.05, 3.63) is 69.1 Å². The Kier molecular flexibility index (Phi) is 5.21. The SMILES string of the molecule is Cc1ccc(NC(=O)COc2ccc3cc(Br)ccc3c2Br)cc1. The number of carbonyl (C=O) groups is 1. The lowest BCUT2D eigenvalue weighted by atomic mass is 10.1. The maximum Gasteiger partial charge on any atom is 0.262 e. The average molecular weight is 449 g/mol. The van der Waals surface area contributed by atoms with Gasteiger partial charge in [-0.1, -0.05) is 45.8 Å². The van der Waals surface area contributed by atoms with Gasteiger partial charge in [-0.2, -0.15) is 0 Å². The molecule has 0 unspecified atom stereocenters. The summed E-state index contributed by atoms with van der Waals surface area (Å²) in [5.41, 5.74) is 1.91. The van der Waals surface area contributed by atoms with E-state index in [2.05, 4.69) is 37.2 Å². The Hall–Kier alpha value is -1.85. The van der Waals surface area contributed by atoms with Crippen LogP contribution >= 0.6 is 31.9 Å². The largest absolute Gasteiger partial charge is 0.483 e. The van der Waals surface area contributed by atoms with Crippen molar-refractivity contribution in [1.82, 2.24) is 0 Å². The Morgan fingerprint density at radius 2 is 1.79 bits per heavy atom. The quantitative estimate of drug-likeness (QED) is 0.556. The van der Waals surface area contributed by atoms with Crippen molar-refractivity contribution in [2.45, 2.75) is 6.92 Å². The summed E-state index contributed by atoms with van der Waals surface area (Å²) in [5, 5.41) is 4.95. The minimum atomic E-state index is -0.193. The summed E-state index contributed by atoms with van der Waals surface area (Å²) in [7, 11) is 0. The number of aryl methyl sites for hydroxylation is 1. The summed E-state index contributed by atoms with van der Waals surface area (Å²) in [6.07, 6.45) is 0. The fraction of sp³-hybridized carbons (Fsp3) is 0.105. The van der Waals surface area contributed by atoms with Crippen LogP contribution in [0.5, 0.6) is 5.75 Å². The normalized spacial score (nSPS) is 10.6. The van der Waals surface area contributed by atoms with Gasteiger partial charge in [0.05, 0.1) is 4.47 Å². The van der Waals surface area contributed by atoms with Gasteiger partial charge >= 0.3 is 0 Å². The lowest BCUT2D eigenvalue weighted by molar-refractivity contribution is -0.118. The first-order chi connectivity index (χ1) is 11.5. The summed E-state index contributed by atoms with van der Waals surface area (Å²) >= 11 is 7.02. The van der Waals surface area contributed by atoms with Crippen LogP contribution in [-0.4, -0.2) is 12.5 Å². The molecule has 0 saturated carbocycles. The van der Waals surface area contributed by atoms with E-state index in [1.165, 1.54) is 0 Å². The van der Waals surface area contributed by atoms with E-state index < -0.39 is 0 Å². The molecule has 0 aliphatic rings. The van der Waals surface area contributed by atoms with Crippen LogP contribution in [0.2, 0.25) is 0 Å². The highest BCUT2D eigenvalue weighted by atomic mass is 79.9. The van der Waals surface area contributed by atoms with Gasteiger partial charge in [-0.05, 0) is 64.0 Å². The number of nitrogens with one attached hydrogen (secondary N) is 1. The Morgan fingerprint density at radius 1 is 1.04 bits per heavy atom. The fourth-order valence-electron chi connectivity index (χ4n) is 2.33. The Labute approximate surface area is 157 Å². The Bertz CT molecular complexity index is 892. The van der Waals surface area contributed by atoms with Crippen molar-refractivity contribution >= 4 is 54.2 Å². The zero-order valence-electron chi connectivity index (χ0n) is 13.0. The predicted molar refractivity (Wildman–Crippen MR) is 105 cm³/mol. The number of halogens is 2. The standard InChI is InChI=1S/C19H15Br2NO2/c1-12-2-6-15(7-3-12)22-18(23)11-24-17-9-4-13-10-14(20)5-8-16(13)19(17)21/h2-10H,11H2,1H3,(H,22,23). The van der Waals surface area contributed by atoms with Crippen LogP contribution < -0.4 is 10.1 Å². The number of rotatable bonds is 4. The molecular formula is C19H15Br2NO2. The molecule has 122 valence electrons. The number of anilines is 1. The monoisotopic (exact) mass is 447 g/mol. The summed E-state index contributed by atoms with van der Waals surface area (Å²) in [4.78, 5) is 12.0. The van der Waals surface area contributed by atoms with Crippen LogP contribution in [0.4, 0.5) is 5.69 Å². The molecule has 5 heteroatoms. The molecule has 0 radical (unpaired) electrons. The third-order valence-corrected chi connectivity index (χ3v) is 4.89. The number of benzene rings is 3. The number of fused-ring (bicyclic) bond motifs is 1. The topological polar surface area (TPSA) is 38.3 Å². The smallest absolute Gasteiger partial charge is 0.262 e. The molecule has 0 aromatic heterocycles. The zero-order chi connectivity index (χ0) is 17.1. The van der Waals surface area contributed by atoms with Crippen LogP contribution in [-0.2, 0) is 4.79 Å². The summed E-state index contributed by atoms with van der Waals surface area (Å²) in [5.74, 6) is 0.450. The molecule has 24 heavy (non-hydrogen) atoms. The first kappa shape index (κ1) is 17.0. The van der Waals surface area contributed by atoms with E-state index in [9.17, 15) is 4.79 Å². The molecule has 1 amide bonds. The van der Waals surface area contributed by atoms with Crippen molar-refractivity contribution in [1.29, 1.82) is 0 Å². The second-order valence-corrected chi connectivity index (χ2v) is 7.15. The molecule has 3 aromatic rings. The maximum atomic E-state index is 12.0. The first-order valence-electron chi connectivity index (χ1n) is 7.40. The molecule has 0 bridgehead atoms. The van der Waals surface area contributed by atoms with Crippen LogP contribution in [0.15, 0.2) is 63.5 Å². The summed E-state index contributed by atoms with van der Waals surface area (Å²) in [6.45, 7) is 1.96. The Morgan fingerprint density at radius 3 is 2.54 bits per heavy atom. The minimum Gasteiger partial charge on any atom is -0.483 e. The van der Waals surface area contributed by atoms with Crippen LogP contribution in [0.25, 0.3) is 10.8 Å². The third kappa shape index (κ3) is 3.97. The van der Waals surface area contributed by atoms with E-state index in [1.807, 2.05) is 61.5 Å². The van der Waals surface area contributed by atoms with E-state index in [1.54, 1.807) is 0 Å². The lowest BCUT2D eigenvalue weighted by Crippen LogP contribution is -2.20. The number of hydrogen-bond donors (Lipinski definition) is 1. The number of amides is 1. The average Bonchev–Trinajstić information content (AvgIpc) is 2.56. The molecular weight excluding hydrogens is 434 g/mol. The molecule has 3 nitrogen and oxygen atoms in total. The highest BCUT2D eigenvalue weighted by Crippen LogP contribution is 2.34. The van der Waals surface area contributed by atoms with Gasteiger partial charge in [0.15, 0.2) is 6.61 Å². The van der Waals surface area contributed by atoms with E-state index in [0.717, 1.165) is 31.0 Å². The fourth-order valence-corrected chi connectivity index (χ4v) is 3.32. The highest BCUT2D eigenvalue weighted by molar-refractivity contribution is 9.11. The van der Waals surface area contributed by atoms with Crippen LogP contribution in [0, 0.1) is 6.92 Å². The third-order valence-electron chi connectivity index (χ3n) is 3.57. The molecule has 0 saturated heterocycles. The van der Waals surface area contributed by atoms with Crippen molar-refractivity contribution in [2.24, 2.45) is 0 Å². The maximum absolute atomic E-state index is 12.0. The zero-order valence-corrected chi connectivity index (χ0v) is 16.1. The van der Waals surface area contributed by atoms with Crippen LogP contribution in [0.3, 0.4) is 0 Å². The van der Waals surface area contributed by atoms with Crippen molar-refractivity contribution in [2.75, 3.05) is 11.9 Å². The molecule has 0 spiro atoms. The van der Waals surface area contributed by atoms with Gasteiger partial charge in [0, 0.05) is 10.2 Å². The van der Waals surface area contributed by atoms with Crippen molar-refractivity contribution in [3.8, 4) is 5.75 Å². The van der Waals surface area contributed by atoms with Gasteiger partial charge in [0.1, 0.15) is 5.75 Å². The molecule has 0 aliphatic carbocycles. The summed E-state index contributed by atoms with van der Waals surface area (Å²) in [6, 6.07) is 17.5. The molecule has 3 rings (SSSR count). The molecule has 0 fully saturated rings. The van der Waals surface area contributed by atoms with Gasteiger partial charge < -0.3 is 10.1 Å². The van der Waals surface area contributed by atoms with E-state index in [0.29, 0.717) is 5.75 Å². The van der Waals surface area contributed by atoms with Gasteiger partial charge in [-0.25, -0.2) is 0 Å². The van der Waals surface area contributed by atoms with Gasteiger partial charge in [-0.15, -0.1) is 0 Å². The van der Waals surface area contributed by atoms with Crippen LogP contribution in [0.1, 0.15) is 5.56 Å². The molecule has 0 aliphatic heterocycles. The van der Waals surface area contributed by atoms with Gasteiger partial charge in [0.2, 0.25) is 0 Å². The second kappa shape index (κ2) is 7.36. The van der Waals surface area contributed by atoms with Gasteiger partial charge in [-0.3, -0.25) is 4.79 Å². The van der Waals surface area contributed by atoms with E-state index >= 15 is 0 Å². The molecule has 0 atom stereocenters. The molecule has 0 heterocycles. The predicted octanol–water partition coefficient (Wildman–Crippen LogP) is 5.69. The van der Waals surface area contributed by atoms with E-state index in [4.69, 9.17) is 4.74 Å². The first-order valence-corrected chi connectivity index (χ1v) is 8.98. The van der Waals surface area contributed by atoms with Crippen molar-refractivity contribution < 1.29 is 9.53 Å². The molecule has 3 aromatic carbocycles. The lowest BCUT2D eigenvalue weighted by Gasteiger charge is -2.11. The van der Waals surface area contributed by atoms with Gasteiger partial charge in [0.25, 0.3) is 5.91 Å². The highest BCUT2D eigenvalue weighted by Gasteiger charge is 2.09. The number of ether oxygens (including phenoxy) is 1. The second-order valence-electron chi connectivity index (χ2n) is 5.45. The Balaban J connectivity index is 1.69. The van der Waals surface area contributed by atoms with E-state index in [-0.39, 0.29) is 12.5 Å². The number of carbonyl (C=O) groups excluding carboxylic acids is 1.